The van der Waals surface area contributed by atoms with Gasteiger partial charge in [-0.1, -0.05) is 29.8 Å². The van der Waals surface area contributed by atoms with Gasteiger partial charge in [-0.05, 0) is 56.1 Å². The van der Waals surface area contributed by atoms with E-state index in [0.717, 1.165) is 68.9 Å². The smallest absolute Gasteiger partial charge is 0.232 e. The largest absolute Gasteiger partial charge is 0.370 e. The van der Waals surface area contributed by atoms with E-state index >= 15 is 0 Å². The van der Waals surface area contributed by atoms with Crippen molar-refractivity contribution in [1.29, 1.82) is 0 Å². The highest BCUT2D eigenvalue weighted by atomic mass is 35.5. The number of likely N-dealkylation sites (N-methyl/N-ethyl adjacent to an activating group) is 1. The molecule has 4 aliphatic rings. The van der Waals surface area contributed by atoms with Gasteiger partial charge in [0, 0.05) is 63.6 Å². The maximum absolute atomic E-state index is 12.6. The molecule has 0 amide bonds. The van der Waals surface area contributed by atoms with E-state index in [1.165, 1.54) is 10.6 Å². The Morgan fingerprint density at radius 1 is 1.05 bits per heavy atom. The van der Waals surface area contributed by atoms with Crippen LogP contribution in [0.2, 0.25) is 5.02 Å². The van der Waals surface area contributed by atoms with Gasteiger partial charge >= 0.3 is 0 Å². The molecule has 1 unspecified atom stereocenters. The lowest BCUT2D eigenvalue weighted by Crippen LogP contribution is -2.52. The number of rotatable bonds is 5. The number of aromatic amines is 1. The number of nitrogens with one attached hydrogen (secondary N) is 3. The second-order valence-electron chi connectivity index (χ2n) is 12.4. The Hall–Kier alpha value is -3.29. The first-order valence-electron chi connectivity index (χ1n) is 15.3. The predicted octanol–water partition coefficient (Wildman–Crippen LogP) is 3.26. The molecule has 234 valence electrons. The number of benzene rings is 2. The highest BCUT2D eigenvalue weighted by molar-refractivity contribution is 7.92. The summed E-state index contributed by atoms with van der Waals surface area (Å²) in [6, 6.07) is 14.2. The molecule has 1 aromatic heterocycles. The summed E-state index contributed by atoms with van der Waals surface area (Å²) in [5, 5.41) is 7.41. The standard InChI is InChI=1S/C31H40ClN9O2S/c1-38-16-18-39(19-17-38)23-10-13-40(14-11-23)27-7-6-22(20-25(27)32)31(33)36-29-24(8-12-34-29)30(37-31)35-26-5-3-4-21-9-15-41(28(21)26)44(2,42)43/h3-8,12,20,23,34,36H,9-11,13-19,33H2,1-2H3,(H,35,37). The van der Waals surface area contributed by atoms with Crippen LogP contribution >= 0.6 is 11.6 Å². The summed E-state index contributed by atoms with van der Waals surface area (Å²) in [7, 11) is -1.24. The summed E-state index contributed by atoms with van der Waals surface area (Å²) in [4.78, 5) is 15.6. The van der Waals surface area contributed by atoms with Gasteiger partial charge in [0.15, 0.2) is 0 Å². The van der Waals surface area contributed by atoms with Crippen molar-refractivity contribution in [1.82, 2.24) is 14.8 Å². The SMILES string of the molecule is CN1CCN(C2CCN(c3ccc(C4(N)N=C(Nc5cccc6c5N(S(C)(=O)=O)CC6)c5cc[nH]c5N4)cc3Cl)CC2)CC1. The number of hydrogen-bond donors (Lipinski definition) is 4. The molecule has 2 aromatic carbocycles. The topological polar surface area (TPSA) is 125 Å². The van der Waals surface area contributed by atoms with Crippen molar-refractivity contribution in [3.8, 4) is 0 Å². The third-order valence-corrected chi connectivity index (χ3v) is 10.9. The molecule has 4 aliphatic heterocycles. The van der Waals surface area contributed by atoms with Gasteiger partial charge < -0.3 is 25.4 Å². The number of para-hydroxylation sites is 1. The van der Waals surface area contributed by atoms with Crippen molar-refractivity contribution in [3.05, 3.63) is 70.4 Å². The molecule has 1 atom stereocenters. The number of sulfonamides is 1. The number of amidine groups is 1. The first-order valence-corrected chi connectivity index (χ1v) is 17.5. The van der Waals surface area contributed by atoms with E-state index in [1.54, 1.807) is 0 Å². The van der Waals surface area contributed by atoms with Gasteiger partial charge in [0.1, 0.15) is 11.7 Å². The van der Waals surface area contributed by atoms with Crippen LogP contribution in [0.1, 0.15) is 29.5 Å². The Morgan fingerprint density at radius 3 is 2.55 bits per heavy atom. The van der Waals surface area contributed by atoms with Crippen LogP contribution in [0.5, 0.6) is 0 Å². The third-order valence-electron chi connectivity index (χ3n) is 9.46. The minimum atomic E-state index is -3.44. The van der Waals surface area contributed by atoms with Crippen LogP contribution in [0.3, 0.4) is 0 Å². The van der Waals surface area contributed by atoms with Crippen LogP contribution in [-0.2, 0) is 22.2 Å². The highest BCUT2D eigenvalue weighted by Gasteiger charge is 2.36. The average Bonchev–Trinajstić information content (AvgIpc) is 3.66. The zero-order valence-corrected chi connectivity index (χ0v) is 26.8. The van der Waals surface area contributed by atoms with Crippen molar-refractivity contribution in [3.63, 3.8) is 0 Å². The predicted molar refractivity (Wildman–Crippen MR) is 179 cm³/mol. The molecule has 44 heavy (non-hydrogen) atoms. The highest BCUT2D eigenvalue weighted by Crippen LogP contribution is 2.40. The first-order chi connectivity index (χ1) is 21.1. The van der Waals surface area contributed by atoms with Crippen LogP contribution < -0.4 is 25.6 Å². The van der Waals surface area contributed by atoms with Gasteiger partial charge in [0.2, 0.25) is 15.8 Å². The summed E-state index contributed by atoms with van der Waals surface area (Å²) in [5.74, 6) is -0.0724. The molecule has 7 rings (SSSR count). The number of hydrogen-bond acceptors (Lipinski definition) is 9. The van der Waals surface area contributed by atoms with Gasteiger partial charge in [-0.25, -0.2) is 13.4 Å². The number of anilines is 4. The van der Waals surface area contributed by atoms with Crippen molar-refractivity contribution < 1.29 is 8.42 Å². The number of halogens is 1. The molecule has 5 heterocycles. The molecule has 11 nitrogen and oxygen atoms in total. The van der Waals surface area contributed by atoms with Crippen molar-refractivity contribution in [2.75, 3.05) is 79.0 Å². The molecule has 3 aromatic rings. The van der Waals surface area contributed by atoms with Crippen molar-refractivity contribution >= 4 is 50.3 Å². The molecule has 2 fully saturated rings. The molecule has 13 heteroatoms. The van der Waals surface area contributed by atoms with Gasteiger partial charge in [0.25, 0.3) is 0 Å². The maximum Gasteiger partial charge on any atom is 0.232 e. The average molecular weight is 638 g/mol. The van der Waals surface area contributed by atoms with Crippen LogP contribution in [-0.4, -0.2) is 94.2 Å². The number of piperidine rings is 1. The summed E-state index contributed by atoms with van der Waals surface area (Å²) in [6.45, 7) is 6.90. The fraction of sp³-hybridized carbons (Fsp3) is 0.452. The number of aromatic nitrogens is 1. The number of aliphatic imine (C=N–C) groups is 1. The van der Waals surface area contributed by atoms with E-state index in [9.17, 15) is 8.42 Å². The number of H-pyrrole nitrogens is 1. The second-order valence-corrected chi connectivity index (χ2v) is 14.7. The number of nitrogens with two attached hydrogens (primary N) is 1. The minimum absolute atomic E-state index is 0.412. The third kappa shape index (κ3) is 5.43. The normalized spacial score (nSPS) is 23.2. The van der Waals surface area contributed by atoms with Crippen LogP contribution in [0.25, 0.3) is 0 Å². The van der Waals surface area contributed by atoms with Crippen LogP contribution in [0.4, 0.5) is 22.9 Å². The maximum atomic E-state index is 12.6. The van der Waals surface area contributed by atoms with E-state index in [4.69, 9.17) is 22.3 Å². The molecule has 0 spiro atoms. The molecule has 0 saturated carbocycles. The van der Waals surface area contributed by atoms with Crippen molar-refractivity contribution in [2.24, 2.45) is 10.7 Å². The van der Waals surface area contributed by atoms with Crippen LogP contribution in [0.15, 0.2) is 53.7 Å². The zero-order chi connectivity index (χ0) is 30.6. The lowest BCUT2D eigenvalue weighted by atomic mass is 10.0. The quantitative estimate of drug-likeness (QED) is 0.336. The molecule has 5 N–H and O–H groups in total. The molecular formula is C31H40ClN9O2S. The van der Waals surface area contributed by atoms with E-state index in [0.29, 0.717) is 52.6 Å². The fourth-order valence-corrected chi connectivity index (χ4v) is 8.27. The van der Waals surface area contributed by atoms with Crippen LogP contribution in [0, 0.1) is 0 Å². The summed E-state index contributed by atoms with van der Waals surface area (Å²) >= 11 is 6.94. The van der Waals surface area contributed by atoms with E-state index in [-0.39, 0.29) is 0 Å². The van der Waals surface area contributed by atoms with Gasteiger partial charge in [-0.3, -0.25) is 14.9 Å². The first kappa shape index (κ1) is 29.4. The van der Waals surface area contributed by atoms with E-state index < -0.39 is 15.8 Å². The summed E-state index contributed by atoms with van der Waals surface area (Å²) in [5.41, 5.74) is 11.8. The monoisotopic (exact) mass is 637 g/mol. The van der Waals surface area contributed by atoms with Gasteiger partial charge in [-0.2, -0.15) is 0 Å². The Kier molecular flexibility index (Phi) is 7.53. The Bertz CT molecular complexity index is 1690. The number of fused-ring (bicyclic) bond motifs is 2. The zero-order valence-electron chi connectivity index (χ0n) is 25.2. The lowest BCUT2D eigenvalue weighted by molar-refractivity contribution is 0.0982. The summed E-state index contributed by atoms with van der Waals surface area (Å²) in [6.07, 6.45) is 5.96. The van der Waals surface area contributed by atoms with Gasteiger partial charge in [-0.15, -0.1) is 0 Å². The minimum Gasteiger partial charge on any atom is -0.370 e. The van der Waals surface area contributed by atoms with E-state index in [2.05, 4.69) is 37.4 Å². The second kappa shape index (κ2) is 11.3. The Labute approximate surface area is 264 Å². The Morgan fingerprint density at radius 2 is 1.82 bits per heavy atom. The van der Waals surface area contributed by atoms with Gasteiger partial charge in [0.05, 0.1) is 33.9 Å². The number of nitrogens with zero attached hydrogens (tertiary/aromatic N) is 5. The molecule has 0 aliphatic carbocycles. The molecular weight excluding hydrogens is 598 g/mol. The molecule has 0 bridgehead atoms. The number of piperazine rings is 1. The van der Waals surface area contributed by atoms with E-state index in [1.807, 2.05) is 48.7 Å². The molecule has 2 saturated heterocycles. The summed E-state index contributed by atoms with van der Waals surface area (Å²) < 4.78 is 26.6. The Balaban J connectivity index is 1.13. The molecule has 0 radical (unpaired) electrons. The lowest BCUT2D eigenvalue weighted by Gasteiger charge is -2.42. The van der Waals surface area contributed by atoms with Crippen molar-refractivity contribution in [2.45, 2.75) is 31.1 Å². The fourth-order valence-electron chi connectivity index (χ4n) is 7.00.